The number of nitrogens with two attached hydrogens (primary N) is 1. The molecule has 1 aromatic heterocycles. The highest BCUT2D eigenvalue weighted by Gasteiger charge is 2.18. The third kappa shape index (κ3) is 2.97. The molecule has 1 aliphatic rings. The van der Waals surface area contributed by atoms with Gasteiger partial charge >= 0.3 is 0 Å². The van der Waals surface area contributed by atoms with Crippen LogP contribution in [-0.4, -0.2) is 35.8 Å². The van der Waals surface area contributed by atoms with E-state index in [1.165, 1.54) is 6.33 Å². The van der Waals surface area contributed by atoms with Gasteiger partial charge in [0.2, 0.25) is 5.88 Å². The Morgan fingerprint density at radius 3 is 3.18 bits per heavy atom. The second kappa shape index (κ2) is 5.67. The summed E-state index contributed by atoms with van der Waals surface area (Å²) in [6.45, 7) is 4.11. The lowest BCUT2D eigenvalue weighted by molar-refractivity contribution is 0.195. The molecule has 0 radical (unpaired) electrons. The van der Waals surface area contributed by atoms with Crippen molar-refractivity contribution in [3.8, 4) is 5.88 Å². The van der Waals surface area contributed by atoms with Crippen LogP contribution in [0.15, 0.2) is 6.33 Å². The van der Waals surface area contributed by atoms with Crippen LogP contribution in [0.4, 0.5) is 11.5 Å². The van der Waals surface area contributed by atoms with E-state index in [-0.39, 0.29) is 6.04 Å². The summed E-state index contributed by atoms with van der Waals surface area (Å²) in [7, 11) is 0. The third-order valence-electron chi connectivity index (χ3n) is 2.56. The van der Waals surface area contributed by atoms with E-state index < -0.39 is 0 Å². The van der Waals surface area contributed by atoms with Crippen LogP contribution in [0, 0.1) is 0 Å². The highest BCUT2D eigenvalue weighted by atomic mass is 16.5. The van der Waals surface area contributed by atoms with Crippen LogP contribution >= 0.6 is 0 Å². The smallest absolute Gasteiger partial charge is 0.242 e. The predicted octanol–water partition coefficient (Wildman–Crippen LogP) is 1.05. The van der Waals surface area contributed by atoms with Gasteiger partial charge in [0, 0.05) is 6.61 Å². The Balaban J connectivity index is 2.05. The van der Waals surface area contributed by atoms with Gasteiger partial charge in [-0.05, 0) is 12.8 Å². The fourth-order valence-corrected chi connectivity index (χ4v) is 1.65. The molecule has 1 unspecified atom stereocenters. The van der Waals surface area contributed by atoms with Gasteiger partial charge in [-0.3, -0.25) is 0 Å². The molecule has 0 amide bonds. The molecule has 0 aromatic carbocycles. The van der Waals surface area contributed by atoms with Crippen molar-refractivity contribution < 1.29 is 9.47 Å². The molecule has 6 heteroatoms. The summed E-state index contributed by atoms with van der Waals surface area (Å²) in [6, 6.07) is 0.270. The van der Waals surface area contributed by atoms with Crippen LogP contribution < -0.4 is 15.8 Å². The van der Waals surface area contributed by atoms with Crippen molar-refractivity contribution in [1.29, 1.82) is 0 Å². The molecular weight excluding hydrogens is 220 g/mol. The van der Waals surface area contributed by atoms with E-state index in [1.807, 2.05) is 6.92 Å². The van der Waals surface area contributed by atoms with Gasteiger partial charge in [0.05, 0.1) is 19.3 Å². The standard InChI is InChI=1S/C11H18N4O2/c1-2-4-17-11-9(12)10(13-7-14-11)15-8-3-5-16-6-8/h7-8H,2-6,12H2,1H3,(H,13,14,15). The molecular formula is C11H18N4O2. The van der Waals surface area contributed by atoms with Crippen LogP contribution in [0.3, 0.4) is 0 Å². The number of rotatable bonds is 5. The topological polar surface area (TPSA) is 82.3 Å². The van der Waals surface area contributed by atoms with E-state index in [1.54, 1.807) is 0 Å². The fraction of sp³-hybridized carbons (Fsp3) is 0.636. The molecule has 3 N–H and O–H groups in total. The third-order valence-corrected chi connectivity index (χ3v) is 2.56. The maximum absolute atomic E-state index is 5.95. The molecule has 0 aliphatic carbocycles. The molecule has 1 atom stereocenters. The van der Waals surface area contributed by atoms with Gasteiger partial charge in [0.15, 0.2) is 5.82 Å². The molecule has 94 valence electrons. The minimum atomic E-state index is 0.270. The first kappa shape index (κ1) is 11.9. The van der Waals surface area contributed by atoms with Crippen molar-refractivity contribution in [1.82, 2.24) is 9.97 Å². The van der Waals surface area contributed by atoms with Crippen LogP contribution in [0.25, 0.3) is 0 Å². The van der Waals surface area contributed by atoms with E-state index in [0.29, 0.717) is 30.6 Å². The number of hydrogen-bond acceptors (Lipinski definition) is 6. The summed E-state index contributed by atoms with van der Waals surface area (Å²) in [5, 5.41) is 3.24. The van der Waals surface area contributed by atoms with E-state index in [0.717, 1.165) is 19.4 Å². The zero-order valence-electron chi connectivity index (χ0n) is 9.98. The lowest BCUT2D eigenvalue weighted by Gasteiger charge is -2.14. The number of ether oxygens (including phenoxy) is 2. The molecule has 2 heterocycles. The van der Waals surface area contributed by atoms with Crippen LogP contribution in [0.2, 0.25) is 0 Å². The van der Waals surface area contributed by atoms with Gasteiger partial charge in [0.25, 0.3) is 0 Å². The van der Waals surface area contributed by atoms with E-state index >= 15 is 0 Å². The summed E-state index contributed by atoms with van der Waals surface area (Å²) in [5.41, 5.74) is 6.41. The van der Waals surface area contributed by atoms with Crippen LogP contribution in [0.5, 0.6) is 5.88 Å². The van der Waals surface area contributed by atoms with E-state index in [2.05, 4.69) is 15.3 Å². The lowest BCUT2D eigenvalue weighted by Crippen LogP contribution is -2.21. The number of hydrogen-bond donors (Lipinski definition) is 2. The SMILES string of the molecule is CCCOc1ncnc(NC2CCOC2)c1N. The molecule has 1 aromatic rings. The fourth-order valence-electron chi connectivity index (χ4n) is 1.65. The number of nitrogen functional groups attached to an aromatic ring is 1. The second-order valence-electron chi connectivity index (χ2n) is 3.99. The Morgan fingerprint density at radius 1 is 1.59 bits per heavy atom. The molecule has 6 nitrogen and oxygen atoms in total. The van der Waals surface area contributed by atoms with Crippen LogP contribution in [0.1, 0.15) is 19.8 Å². The predicted molar refractivity (Wildman–Crippen MR) is 65.1 cm³/mol. The average Bonchev–Trinajstić information content (AvgIpc) is 2.83. The summed E-state index contributed by atoms with van der Waals surface area (Å²) in [4.78, 5) is 8.15. The summed E-state index contributed by atoms with van der Waals surface area (Å²) in [5.74, 6) is 1.07. The molecule has 17 heavy (non-hydrogen) atoms. The van der Waals surface area contributed by atoms with Crippen molar-refractivity contribution in [2.45, 2.75) is 25.8 Å². The van der Waals surface area contributed by atoms with E-state index in [9.17, 15) is 0 Å². The van der Waals surface area contributed by atoms with Gasteiger partial charge in [-0.25, -0.2) is 4.98 Å². The molecule has 2 rings (SSSR count). The lowest BCUT2D eigenvalue weighted by atomic mass is 10.2. The van der Waals surface area contributed by atoms with Gasteiger partial charge < -0.3 is 20.5 Å². The minimum absolute atomic E-state index is 0.270. The average molecular weight is 238 g/mol. The summed E-state index contributed by atoms with van der Waals surface area (Å²) < 4.78 is 10.7. The van der Waals surface area contributed by atoms with Crippen molar-refractivity contribution in [3.63, 3.8) is 0 Å². The molecule has 1 saturated heterocycles. The highest BCUT2D eigenvalue weighted by Crippen LogP contribution is 2.26. The zero-order valence-corrected chi connectivity index (χ0v) is 9.98. The van der Waals surface area contributed by atoms with Crippen molar-refractivity contribution in [2.75, 3.05) is 30.9 Å². The molecule has 0 spiro atoms. The Kier molecular flexibility index (Phi) is 3.98. The largest absolute Gasteiger partial charge is 0.476 e. The summed E-state index contributed by atoms with van der Waals surface area (Å²) >= 11 is 0. The Labute approximate surface area is 101 Å². The number of nitrogens with zero attached hydrogens (tertiary/aromatic N) is 2. The highest BCUT2D eigenvalue weighted by molar-refractivity contribution is 5.66. The first-order valence-corrected chi connectivity index (χ1v) is 5.88. The molecule has 1 fully saturated rings. The normalized spacial score (nSPS) is 19.2. The minimum Gasteiger partial charge on any atom is -0.476 e. The number of nitrogens with one attached hydrogen (secondary N) is 1. The maximum atomic E-state index is 5.95. The molecule has 0 saturated carbocycles. The Morgan fingerprint density at radius 2 is 2.47 bits per heavy atom. The molecule has 0 bridgehead atoms. The molecule has 1 aliphatic heterocycles. The van der Waals surface area contributed by atoms with Crippen LogP contribution in [-0.2, 0) is 4.74 Å². The maximum Gasteiger partial charge on any atom is 0.242 e. The first-order valence-electron chi connectivity index (χ1n) is 5.88. The van der Waals surface area contributed by atoms with Crippen molar-refractivity contribution >= 4 is 11.5 Å². The summed E-state index contributed by atoms with van der Waals surface area (Å²) in [6.07, 6.45) is 3.34. The van der Waals surface area contributed by atoms with Gasteiger partial charge in [-0.2, -0.15) is 4.98 Å². The monoisotopic (exact) mass is 238 g/mol. The van der Waals surface area contributed by atoms with Crippen molar-refractivity contribution in [2.24, 2.45) is 0 Å². The van der Waals surface area contributed by atoms with Gasteiger partial charge in [-0.15, -0.1) is 0 Å². The first-order chi connectivity index (χ1) is 8.31. The number of aromatic nitrogens is 2. The Hall–Kier alpha value is -1.56. The zero-order chi connectivity index (χ0) is 12.1. The number of anilines is 2. The van der Waals surface area contributed by atoms with Gasteiger partial charge in [-0.1, -0.05) is 6.92 Å². The van der Waals surface area contributed by atoms with E-state index in [4.69, 9.17) is 15.2 Å². The second-order valence-corrected chi connectivity index (χ2v) is 3.99. The van der Waals surface area contributed by atoms with Gasteiger partial charge in [0.1, 0.15) is 12.0 Å². The van der Waals surface area contributed by atoms with Crippen molar-refractivity contribution in [3.05, 3.63) is 6.33 Å². The Bertz CT molecular complexity index is 366. The quantitative estimate of drug-likeness (QED) is 0.797.